The van der Waals surface area contributed by atoms with Crippen molar-refractivity contribution in [2.24, 2.45) is 0 Å². The Kier molecular flexibility index (Phi) is 4.81. The highest BCUT2D eigenvalue weighted by Gasteiger charge is 2.32. The van der Waals surface area contributed by atoms with E-state index in [0.29, 0.717) is 5.69 Å². The minimum absolute atomic E-state index is 0.456. The van der Waals surface area contributed by atoms with Gasteiger partial charge < -0.3 is 15.4 Å². The van der Waals surface area contributed by atoms with E-state index in [1.165, 1.54) is 0 Å². The van der Waals surface area contributed by atoms with Gasteiger partial charge in [0, 0.05) is 16.8 Å². The van der Waals surface area contributed by atoms with Crippen molar-refractivity contribution in [3.05, 3.63) is 90.0 Å². The van der Waals surface area contributed by atoms with Gasteiger partial charge in [-0.2, -0.15) is 0 Å². The summed E-state index contributed by atoms with van der Waals surface area (Å²) in [4.78, 5) is 24.8. The first kappa shape index (κ1) is 17.8. The Balaban J connectivity index is 1.45. The van der Waals surface area contributed by atoms with Crippen LogP contribution in [0.2, 0.25) is 0 Å². The number of urea groups is 1. The van der Waals surface area contributed by atoms with Crippen LogP contribution >= 0.6 is 0 Å². The number of amides is 2. The first-order valence-corrected chi connectivity index (χ1v) is 9.15. The number of hydrogen-bond acceptors (Lipinski definition) is 3. The Hall–Kier alpha value is -3.60. The molecule has 1 atom stereocenters. The average molecular weight is 372 g/mol. The fraction of sp³-hybridized carbons (Fsp3) is 0.130. The van der Waals surface area contributed by atoms with E-state index in [-0.39, 0.29) is 0 Å². The highest BCUT2D eigenvalue weighted by molar-refractivity contribution is 5.92. The van der Waals surface area contributed by atoms with Gasteiger partial charge in [0.05, 0.1) is 0 Å². The lowest BCUT2D eigenvalue weighted by Crippen LogP contribution is -2.42. The zero-order valence-corrected chi connectivity index (χ0v) is 15.4. The summed E-state index contributed by atoms with van der Waals surface area (Å²) in [5.41, 5.74) is 4.70. The number of esters is 1. The summed E-state index contributed by atoms with van der Waals surface area (Å²) in [7, 11) is 0. The number of carbonyl (C=O) groups is 2. The number of nitrogens with one attached hydrogen (secondary N) is 2. The summed E-state index contributed by atoms with van der Waals surface area (Å²) in [6.07, 6.45) is -0.471. The molecule has 3 aromatic rings. The smallest absolute Gasteiger partial charge is 0.329 e. The first-order chi connectivity index (χ1) is 13.6. The number of carbonyl (C=O) groups excluding carboxylic acids is 2. The molecular formula is C23H20N2O3. The number of benzene rings is 3. The number of fused-ring (bicyclic) bond motifs is 3. The van der Waals surface area contributed by atoms with E-state index in [0.717, 1.165) is 22.3 Å². The predicted molar refractivity (Wildman–Crippen MR) is 108 cm³/mol. The Labute approximate surface area is 163 Å². The molecule has 0 saturated heterocycles. The monoisotopic (exact) mass is 372 g/mol. The van der Waals surface area contributed by atoms with E-state index in [4.69, 9.17) is 4.74 Å². The van der Waals surface area contributed by atoms with Crippen molar-refractivity contribution in [2.45, 2.75) is 19.1 Å². The van der Waals surface area contributed by atoms with Crippen LogP contribution in [0.15, 0.2) is 78.9 Å². The van der Waals surface area contributed by atoms with Crippen LogP contribution in [-0.2, 0) is 9.53 Å². The normalized spacial score (nSPS) is 13.2. The van der Waals surface area contributed by atoms with E-state index < -0.39 is 24.1 Å². The van der Waals surface area contributed by atoms with Crippen LogP contribution < -0.4 is 10.6 Å². The Morgan fingerprint density at radius 3 is 1.96 bits per heavy atom. The van der Waals surface area contributed by atoms with Crippen LogP contribution in [0, 0.1) is 0 Å². The van der Waals surface area contributed by atoms with Gasteiger partial charge in [0.1, 0.15) is 6.04 Å². The average Bonchev–Trinajstić information content (AvgIpc) is 3.03. The quantitative estimate of drug-likeness (QED) is 0.662. The maximum Gasteiger partial charge on any atom is 0.329 e. The summed E-state index contributed by atoms with van der Waals surface area (Å²) in [5, 5.41) is 5.32. The lowest BCUT2D eigenvalue weighted by molar-refractivity contribution is -0.149. The molecule has 0 fully saturated rings. The van der Waals surface area contributed by atoms with Gasteiger partial charge in [0.2, 0.25) is 0 Å². The molecule has 0 bridgehead atoms. The standard InChI is InChI=1S/C23H20N2O3/c1-15(24-23(27)25-16-9-3-2-4-10-16)22(26)28-21-19-13-7-5-11-17(19)18-12-6-8-14-20(18)21/h2-15,21H,1H3,(H2,24,25,27)/t15-/m0/s1. The minimum atomic E-state index is -0.788. The Morgan fingerprint density at radius 1 is 0.821 bits per heavy atom. The second-order valence-electron chi connectivity index (χ2n) is 6.68. The summed E-state index contributed by atoms with van der Waals surface area (Å²) in [6.45, 7) is 1.61. The van der Waals surface area contributed by atoms with Crippen molar-refractivity contribution < 1.29 is 14.3 Å². The van der Waals surface area contributed by atoms with Crippen molar-refractivity contribution in [3.63, 3.8) is 0 Å². The molecule has 0 aromatic heterocycles. The fourth-order valence-corrected chi connectivity index (χ4v) is 3.40. The van der Waals surface area contributed by atoms with Crippen LogP contribution in [0.4, 0.5) is 10.5 Å². The number of anilines is 1. The van der Waals surface area contributed by atoms with Gasteiger partial charge in [-0.15, -0.1) is 0 Å². The predicted octanol–water partition coefficient (Wildman–Crippen LogP) is 4.51. The maximum atomic E-state index is 12.6. The number of para-hydroxylation sites is 1. The minimum Gasteiger partial charge on any atom is -0.451 e. The molecule has 1 aliphatic rings. The second-order valence-corrected chi connectivity index (χ2v) is 6.68. The third kappa shape index (κ3) is 3.47. The van der Waals surface area contributed by atoms with Gasteiger partial charge in [-0.05, 0) is 30.2 Å². The van der Waals surface area contributed by atoms with E-state index in [2.05, 4.69) is 10.6 Å². The SMILES string of the molecule is C[C@H](NC(=O)Nc1ccccc1)C(=O)OC1c2ccccc2-c2ccccc21. The molecule has 1 aliphatic carbocycles. The molecule has 0 aliphatic heterocycles. The van der Waals surface area contributed by atoms with Gasteiger partial charge in [0.15, 0.2) is 6.10 Å². The molecule has 0 unspecified atom stereocenters. The molecule has 4 rings (SSSR count). The Bertz CT molecular complexity index is 972. The molecule has 0 radical (unpaired) electrons. The first-order valence-electron chi connectivity index (χ1n) is 9.15. The van der Waals surface area contributed by atoms with Crippen molar-refractivity contribution in [2.75, 3.05) is 5.32 Å². The lowest BCUT2D eigenvalue weighted by atomic mass is 10.1. The van der Waals surface area contributed by atoms with Gasteiger partial charge in [-0.3, -0.25) is 0 Å². The molecule has 2 N–H and O–H groups in total. The highest BCUT2D eigenvalue weighted by Crippen LogP contribution is 2.45. The Morgan fingerprint density at radius 2 is 1.36 bits per heavy atom. The van der Waals surface area contributed by atoms with E-state index in [1.807, 2.05) is 66.7 Å². The van der Waals surface area contributed by atoms with Gasteiger partial charge in [0.25, 0.3) is 0 Å². The van der Waals surface area contributed by atoms with Gasteiger partial charge in [-0.1, -0.05) is 66.7 Å². The lowest BCUT2D eigenvalue weighted by Gasteiger charge is -2.19. The molecule has 3 aromatic carbocycles. The van der Waals surface area contributed by atoms with Crippen LogP contribution in [0.3, 0.4) is 0 Å². The third-order valence-electron chi connectivity index (χ3n) is 4.74. The summed E-state index contributed by atoms with van der Waals surface area (Å²) >= 11 is 0. The molecule has 0 spiro atoms. The molecule has 5 heteroatoms. The molecule has 140 valence electrons. The molecule has 0 saturated carbocycles. The zero-order chi connectivity index (χ0) is 19.5. The van der Waals surface area contributed by atoms with Crippen molar-refractivity contribution >= 4 is 17.7 Å². The number of rotatable bonds is 4. The highest BCUT2D eigenvalue weighted by atomic mass is 16.5. The molecular weight excluding hydrogens is 352 g/mol. The summed E-state index contributed by atoms with van der Waals surface area (Å²) in [5.74, 6) is -0.486. The fourth-order valence-electron chi connectivity index (χ4n) is 3.40. The number of ether oxygens (including phenoxy) is 1. The maximum absolute atomic E-state index is 12.6. The van der Waals surface area contributed by atoms with Crippen molar-refractivity contribution in [1.82, 2.24) is 5.32 Å². The van der Waals surface area contributed by atoms with Gasteiger partial charge in [-0.25, -0.2) is 9.59 Å². The zero-order valence-electron chi connectivity index (χ0n) is 15.4. The van der Waals surface area contributed by atoms with E-state index >= 15 is 0 Å². The summed E-state index contributed by atoms with van der Waals surface area (Å²) < 4.78 is 5.80. The largest absolute Gasteiger partial charge is 0.451 e. The van der Waals surface area contributed by atoms with Crippen LogP contribution in [-0.4, -0.2) is 18.0 Å². The molecule has 2 amide bonds. The van der Waals surface area contributed by atoms with E-state index in [9.17, 15) is 9.59 Å². The van der Waals surface area contributed by atoms with Crippen LogP contribution in [0.1, 0.15) is 24.2 Å². The second kappa shape index (κ2) is 7.56. The third-order valence-corrected chi connectivity index (χ3v) is 4.74. The number of hydrogen-bond donors (Lipinski definition) is 2. The summed E-state index contributed by atoms with van der Waals surface area (Å²) in [6, 6.07) is 23.6. The van der Waals surface area contributed by atoms with Crippen molar-refractivity contribution in [3.8, 4) is 11.1 Å². The van der Waals surface area contributed by atoms with Crippen molar-refractivity contribution in [1.29, 1.82) is 0 Å². The van der Waals surface area contributed by atoms with E-state index in [1.54, 1.807) is 19.1 Å². The molecule has 5 nitrogen and oxygen atoms in total. The van der Waals surface area contributed by atoms with Crippen LogP contribution in [0.25, 0.3) is 11.1 Å². The van der Waals surface area contributed by atoms with Crippen LogP contribution in [0.5, 0.6) is 0 Å². The molecule has 0 heterocycles. The topological polar surface area (TPSA) is 67.4 Å². The molecule has 28 heavy (non-hydrogen) atoms. The van der Waals surface area contributed by atoms with Gasteiger partial charge >= 0.3 is 12.0 Å².